The average Bonchev–Trinajstić information content (AvgIpc) is 2.19. The van der Waals surface area contributed by atoms with Crippen LogP contribution in [-0.2, 0) is 11.3 Å². The molecule has 1 aliphatic rings. The van der Waals surface area contributed by atoms with Crippen molar-refractivity contribution in [3.63, 3.8) is 0 Å². The second kappa shape index (κ2) is 3.42. The molecule has 0 radical (unpaired) electrons. The summed E-state index contributed by atoms with van der Waals surface area (Å²) in [5.74, 6) is 0.0921. The van der Waals surface area contributed by atoms with Crippen LogP contribution in [0.25, 0.3) is 0 Å². The van der Waals surface area contributed by atoms with E-state index < -0.39 is 5.79 Å². The second-order valence-electron chi connectivity index (χ2n) is 3.48. The van der Waals surface area contributed by atoms with Gasteiger partial charge in [0, 0.05) is 17.5 Å². The third kappa shape index (κ3) is 1.71. The van der Waals surface area contributed by atoms with Gasteiger partial charge in [-0.05, 0) is 18.2 Å². The minimum atomic E-state index is -0.708. The lowest BCUT2D eigenvalue weighted by Gasteiger charge is -2.34. The Bertz CT molecular complexity index is 356. The predicted molar refractivity (Wildman–Crippen MR) is 54.3 cm³/mol. The van der Waals surface area contributed by atoms with Crippen LogP contribution >= 0.6 is 11.6 Å². The molecule has 2 rings (SSSR count). The van der Waals surface area contributed by atoms with Gasteiger partial charge in [-0.25, -0.2) is 0 Å². The summed E-state index contributed by atoms with van der Waals surface area (Å²) in [4.78, 5) is 0. The number of fused-ring (bicyclic) bond motifs is 1. The van der Waals surface area contributed by atoms with Crippen molar-refractivity contribution in [2.75, 3.05) is 6.54 Å². The van der Waals surface area contributed by atoms with Crippen LogP contribution in [0.3, 0.4) is 0 Å². The van der Waals surface area contributed by atoms with Crippen LogP contribution in [0, 0.1) is 0 Å². The maximum atomic E-state index is 5.85. The normalized spacial score (nSPS) is 25.4. The first-order valence-corrected chi connectivity index (χ1v) is 4.82. The summed E-state index contributed by atoms with van der Waals surface area (Å²) in [5, 5.41) is 0.687. The fourth-order valence-electron chi connectivity index (χ4n) is 1.35. The monoisotopic (exact) mass is 213 g/mol. The van der Waals surface area contributed by atoms with Crippen molar-refractivity contribution in [3.8, 4) is 5.75 Å². The summed E-state index contributed by atoms with van der Waals surface area (Å²) in [7, 11) is 0. The van der Waals surface area contributed by atoms with E-state index in [4.69, 9.17) is 26.8 Å². The highest BCUT2D eigenvalue weighted by Gasteiger charge is 2.30. The Morgan fingerprint density at radius 3 is 3.07 bits per heavy atom. The van der Waals surface area contributed by atoms with Crippen LogP contribution < -0.4 is 10.5 Å². The molecule has 1 aromatic rings. The molecule has 2 N–H and O–H groups in total. The number of nitrogens with two attached hydrogens (primary N) is 1. The Morgan fingerprint density at radius 1 is 1.57 bits per heavy atom. The van der Waals surface area contributed by atoms with Crippen molar-refractivity contribution in [2.24, 2.45) is 5.73 Å². The molecule has 1 aromatic carbocycles. The van der Waals surface area contributed by atoms with Gasteiger partial charge in [0.25, 0.3) is 0 Å². The number of hydrogen-bond donors (Lipinski definition) is 1. The van der Waals surface area contributed by atoms with Crippen molar-refractivity contribution in [3.05, 3.63) is 28.8 Å². The molecular formula is C10H12ClNO2. The van der Waals surface area contributed by atoms with E-state index in [0.29, 0.717) is 18.2 Å². The third-order valence-corrected chi connectivity index (χ3v) is 2.49. The number of benzene rings is 1. The van der Waals surface area contributed by atoms with Crippen LogP contribution in [0.4, 0.5) is 0 Å². The van der Waals surface area contributed by atoms with Crippen LogP contribution in [0.2, 0.25) is 5.02 Å². The number of hydrogen-bond acceptors (Lipinski definition) is 3. The van der Waals surface area contributed by atoms with E-state index in [2.05, 4.69) is 0 Å². The fourth-order valence-corrected chi connectivity index (χ4v) is 1.55. The zero-order valence-corrected chi connectivity index (χ0v) is 8.67. The quantitative estimate of drug-likeness (QED) is 0.775. The van der Waals surface area contributed by atoms with Gasteiger partial charge in [-0.1, -0.05) is 11.6 Å². The van der Waals surface area contributed by atoms with E-state index in [1.54, 1.807) is 6.07 Å². The maximum absolute atomic E-state index is 5.85. The van der Waals surface area contributed by atoms with E-state index in [9.17, 15) is 0 Å². The van der Waals surface area contributed by atoms with Crippen molar-refractivity contribution in [1.29, 1.82) is 0 Å². The van der Waals surface area contributed by atoms with Crippen LogP contribution in [-0.4, -0.2) is 12.3 Å². The highest BCUT2D eigenvalue weighted by molar-refractivity contribution is 6.30. The first-order chi connectivity index (χ1) is 6.63. The lowest BCUT2D eigenvalue weighted by molar-refractivity contribution is -0.185. The summed E-state index contributed by atoms with van der Waals surface area (Å²) in [6, 6.07) is 5.48. The maximum Gasteiger partial charge on any atom is 0.220 e. The molecule has 0 fully saturated rings. The molecule has 0 spiro atoms. The molecule has 14 heavy (non-hydrogen) atoms. The first kappa shape index (κ1) is 9.77. The molecule has 0 saturated carbocycles. The number of ether oxygens (including phenoxy) is 2. The number of halogens is 1. The molecule has 0 bridgehead atoms. The molecule has 1 atom stereocenters. The van der Waals surface area contributed by atoms with Gasteiger partial charge in [0.05, 0.1) is 13.2 Å². The Balaban J connectivity index is 2.31. The van der Waals surface area contributed by atoms with Gasteiger partial charge in [-0.15, -0.1) is 0 Å². The van der Waals surface area contributed by atoms with Crippen molar-refractivity contribution in [2.45, 2.75) is 19.3 Å². The van der Waals surface area contributed by atoms with Crippen molar-refractivity contribution in [1.82, 2.24) is 0 Å². The zero-order valence-electron chi connectivity index (χ0n) is 7.92. The van der Waals surface area contributed by atoms with Gasteiger partial charge in [0.2, 0.25) is 5.79 Å². The summed E-state index contributed by atoms with van der Waals surface area (Å²) in [6.07, 6.45) is 0. The smallest absolute Gasteiger partial charge is 0.220 e. The van der Waals surface area contributed by atoms with Crippen LogP contribution in [0.1, 0.15) is 12.5 Å². The van der Waals surface area contributed by atoms with Crippen molar-refractivity contribution < 1.29 is 9.47 Å². The summed E-state index contributed by atoms with van der Waals surface area (Å²) < 4.78 is 11.1. The minimum Gasteiger partial charge on any atom is -0.461 e. The molecule has 1 aliphatic heterocycles. The molecule has 0 saturated heterocycles. The Labute approximate surface area is 87.8 Å². The van der Waals surface area contributed by atoms with E-state index in [1.165, 1.54) is 0 Å². The van der Waals surface area contributed by atoms with Gasteiger partial charge < -0.3 is 15.2 Å². The predicted octanol–water partition coefficient (Wildman–Crippen LogP) is 1.92. The molecular weight excluding hydrogens is 202 g/mol. The van der Waals surface area contributed by atoms with E-state index in [-0.39, 0.29) is 0 Å². The lowest BCUT2D eigenvalue weighted by atomic mass is 10.1. The topological polar surface area (TPSA) is 44.5 Å². The van der Waals surface area contributed by atoms with E-state index >= 15 is 0 Å². The summed E-state index contributed by atoms with van der Waals surface area (Å²) >= 11 is 5.85. The highest BCUT2D eigenvalue weighted by atomic mass is 35.5. The summed E-state index contributed by atoms with van der Waals surface area (Å²) in [5.41, 5.74) is 6.51. The molecule has 3 nitrogen and oxygen atoms in total. The van der Waals surface area contributed by atoms with Crippen molar-refractivity contribution >= 4 is 11.6 Å². The Hall–Kier alpha value is -0.770. The largest absolute Gasteiger partial charge is 0.461 e. The third-order valence-electron chi connectivity index (χ3n) is 2.25. The Kier molecular flexibility index (Phi) is 2.39. The summed E-state index contributed by atoms with van der Waals surface area (Å²) in [6.45, 7) is 2.64. The van der Waals surface area contributed by atoms with Gasteiger partial charge in [0.15, 0.2) is 0 Å². The number of rotatable bonds is 1. The molecule has 0 amide bonds. The van der Waals surface area contributed by atoms with E-state index in [0.717, 1.165) is 11.3 Å². The molecule has 0 aliphatic carbocycles. The zero-order chi connectivity index (χ0) is 10.2. The molecule has 1 unspecified atom stereocenters. The fraction of sp³-hybridized carbons (Fsp3) is 0.400. The Morgan fingerprint density at radius 2 is 2.36 bits per heavy atom. The molecule has 76 valence electrons. The molecule has 1 heterocycles. The average molecular weight is 214 g/mol. The standard InChI is InChI=1S/C10H12ClNO2/c1-10(6-12)13-5-7-4-8(11)2-3-9(7)14-10/h2-4H,5-6,12H2,1H3. The van der Waals surface area contributed by atoms with Gasteiger partial charge in [-0.3, -0.25) is 0 Å². The SMILES string of the molecule is CC1(CN)OCc2cc(Cl)ccc2O1. The molecule has 4 heteroatoms. The van der Waals surface area contributed by atoms with Gasteiger partial charge in [0.1, 0.15) is 5.75 Å². The minimum absolute atomic E-state index is 0.328. The van der Waals surface area contributed by atoms with Crippen LogP contribution in [0.5, 0.6) is 5.75 Å². The second-order valence-corrected chi connectivity index (χ2v) is 3.92. The highest BCUT2D eigenvalue weighted by Crippen LogP contribution is 2.32. The molecule has 0 aromatic heterocycles. The van der Waals surface area contributed by atoms with Gasteiger partial charge >= 0.3 is 0 Å². The first-order valence-electron chi connectivity index (χ1n) is 4.44. The van der Waals surface area contributed by atoms with E-state index in [1.807, 2.05) is 19.1 Å². The lowest BCUT2D eigenvalue weighted by Crippen LogP contribution is -2.45. The van der Waals surface area contributed by atoms with Gasteiger partial charge in [-0.2, -0.15) is 0 Å². The van der Waals surface area contributed by atoms with Crippen LogP contribution in [0.15, 0.2) is 18.2 Å².